The van der Waals surface area contributed by atoms with E-state index in [4.69, 9.17) is 11.6 Å². The lowest BCUT2D eigenvalue weighted by Gasteiger charge is -2.36. The first-order valence-electron chi connectivity index (χ1n) is 7.07. The fourth-order valence-electron chi connectivity index (χ4n) is 2.76. The van der Waals surface area contributed by atoms with E-state index in [-0.39, 0.29) is 0 Å². The van der Waals surface area contributed by atoms with Crippen molar-refractivity contribution < 1.29 is 0 Å². The quantitative estimate of drug-likeness (QED) is 0.928. The third-order valence-corrected chi connectivity index (χ3v) is 5.10. The van der Waals surface area contributed by atoms with Gasteiger partial charge in [-0.2, -0.15) is 0 Å². The van der Waals surface area contributed by atoms with Crippen molar-refractivity contribution in [1.82, 2.24) is 10.2 Å². The Labute approximate surface area is 129 Å². The highest BCUT2D eigenvalue weighted by molar-refractivity contribution is 7.16. The van der Waals surface area contributed by atoms with Gasteiger partial charge in [0.15, 0.2) is 0 Å². The van der Waals surface area contributed by atoms with Crippen LogP contribution in [0.3, 0.4) is 0 Å². The molecule has 2 heterocycles. The predicted octanol–water partition coefficient (Wildman–Crippen LogP) is 3.59. The number of hydrogen-bond acceptors (Lipinski definition) is 3. The molecule has 4 heteroatoms. The normalized spacial score (nSPS) is 20.1. The molecule has 0 amide bonds. The molecule has 1 N–H and O–H groups in total. The van der Waals surface area contributed by atoms with E-state index in [0.717, 1.165) is 36.9 Å². The van der Waals surface area contributed by atoms with Crippen LogP contribution >= 0.6 is 22.9 Å². The molecule has 1 atom stereocenters. The number of piperazine rings is 1. The molecule has 20 heavy (non-hydrogen) atoms. The van der Waals surface area contributed by atoms with Crippen molar-refractivity contribution in [2.75, 3.05) is 26.2 Å². The Morgan fingerprint density at radius 3 is 2.80 bits per heavy atom. The zero-order valence-electron chi connectivity index (χ0n) is 11.4. The van der Waals surface area contributed by atoms with Gasteiger partial charge in [-0.15, -0.1) is 11.3 Å². The summed E-state index contributed by atoms with van der Waals surface area (Å²) in [5, 5.41) is 3.51. The Balaban J connectivity index is 1.66. The van der Waals surface area contributed by atoms with Crippen molar-refractivity contribution in [3.8, 4) is 0 Å². The summed E-state index contributed by atoms with van der Waals surface area (Å²) >= 11 is 7.70. The third kappa shape index (κ3) is 3.41. The van der Waals surface area contributed by atoms with Crippen LogP contribution in [0, 0.1) is 0 Å². The summed E-state index contributed by atoms with van der Waals surface area (Å²) in [6.45, 7) is 4.32. The Morgan fingerprint density at radius 1 is 1.20 bits per heavy atom. The summed E-state index contributed by atoms with van der Waals surface area (Å²) < 4.78 is 0.889. The zero-order chi connectivity index (χ0) is 13.8. The van der Waals surface area contributed by atoms with E-state index < -0.39 is 0 Å². The van der Waals surface area contributed by atoms with Gasteiger partial charge in [-0.1, -0.05) is 41.9 Å². The number of benzene rings is 1. The van der Waals surface area contributed by atoms with Gasteiger partial charge in [0, 0.05) is 37.1 Å². The van der Waals surface area contributed by atoms with E-state index in [2.05, 4.69) is 46.6 Å². The summed E-state index contributed by atoms with van der Waals surface area (Å²) in [5.74, 6) is 0. The lowest BCUT2D eigenvalue weighted by molar-refractivity contribution is 0.164. The van der Waals surface area contributed by atoms with Gasteiger partial charge in [-0.25, -0.2) is 0 Å². The Kier molecular flexibility index (Phi) is 4.73. The minimum absolute atomic E-state index is 0.486. The first kappa shape index (κ1) is 14.1. The molecule has 106 valence electrons. The molecule has 3 rings (SSSR count). The molecular formula is C16H19ClN2S. The summed E-state index contributed by atoms with van der Waals surface area (Å²) in [5.41, 5.74) is 1.41. The molecule has 2 nitrogen and oxygen atoms in total. The van der Waals surface area contributed by atoms with Crippen LogP contribution in [-0.4, -0.2) is 31.1 Å². The number of rotatable bonds is 4. The second kappa shape index (κ2) is 6.72. The van der Waals surface area contributed by atoms with Gasteiger partial charge in [-0.05, 0) is 24.1 Å². The maximum Gasteiger partial charge on any atom is 0.0931 e. The van der Waals surface area contributed by atoms with E-state index >= 15 is 0 Å². The average molecular weight is 307 g/mol. The second-order valence-electron chi connectivity index (χ2n) is 5.12. The summed E-state index contributed by atoms with van der Waals surface area (Å²) in [4.78, 5) is 3.96. The van der Waals surface area contributed by atoms with Crippen LogP contribution in [0.5, 0.6) is 0 Å². The molecule has 0 aliphatic carbocycles. The molecule has 1 aliphatic rings. The molecule has 1 aromatic carbocycles. The van der Waals surface area contributed by atoms with Crippen molar-refractivity contribution in [1.29, 1.82) is 0 Å². The van der Waals surface area contributed by atoms with Crippen molar-refractivity contribution in [2.45, 2.75) is 12.5 Å². The summed E-state index contributed by atoms with van der Waals surface area (Å²) in [7, 11) is 0. The molecule has 0 bridgehead atoms. The monoisotopic (exact) mass is 306 g/mol. The number of thiophene rings is 1. The first-order valence-corrected chi connectivity index (χ1v) is 8.26. The van der Waals surface area contributed by atoms with E-state index in [1.807, 2.05) is 6.07 Å². The van der Waals surface area contributed by atoms with Crippen LogP contribution in [-0.2, 0) is 6.42 Å². The van der Waals surface area contributed by atoms with Crippen LogP contribution in [0.2, 0.25) is 4.34 Å². The Bertz CT molecular complexity index is 540. The molecule has 1 aromatic heterocycles. The van der Waals surface area contributed by atoms with Crippen LogP contribution in [0.15, 0.2) is 42.5 Å². The van der Waals surface area contributed by atoms with Gasteiger partial charge in [0.05, 0.1) is 4.34 Å². The van der Waals surface area contributed by atoms with E-state index in [1.165, 1.54) is 10.4 Å². The predicted molar refractivity (Wildman–Crippen MR) is 86.7 cm³/mol. The number of nitrogens with one attached hydrogen (secondary N) is 1. The smallest absolute Gasteiger partial charge is 0.0931 e. The minimum Gasteiger partial charge on any atom is -0.314 e. The van der Waals surface area contributed by atoms with Crippen LogP contribution in [0.1, 0.15) is 16.5 Å². The average Bonchev–Trinajstić information content (AvgIpc) is 2.92. The molecule has 0 spiro atoms. The molecule has 2 aromatic rings. The van der Waals surface area contributed by atoms with Gasteiger partial charge < -0.3 is 5.32 Å². The largest absolute Gasteiger partial charge is 0.314 e. The molecular weight excluding hydrogens is 288 g/mol. The zero-order valence-corrected chi connectivity index (χ0v) is 13.0. The van der Waals surface area contributed by atoms with Crippen LogP contribution in [0.25, 0.3) is 0 Å². The standard InChI is InChI=1S/C16H19ClN2S/c17-16-7-6-14(20-16)8-10-19-11-9-18-12-15(19)13-4-2-1-3-5-13/h1-7,15,18H,8-12H2. The lowest BCUT2D eigenvalue weighted by atomic mass is 10.0. The second-order valence-corrected chi connectivity index (χ2v) is 6.92. The van der Waals surface area contributed by atoms with Gasteiger partial charge in [0.2, 0.25) is 0 Å². The number of nitrogens with zero attached hydrogens (tertiary/aromatic N) is 1. The molecule has 0 radical (unpaired) electrons. The van der Waals surface area contributed by atoms with Crippen molar-refractivity contribution in [3.63, 3.8) is 0 Å². The highest BCUT2D eigenvalue weighted by Crippen LogP contribution is 2.25. The molecule has 1 aliphatic heterocycles. The van der Waals surface area contributed by atoms with Crippen molar-refractivity contribution in [3.05, 3.63) is 57.2 Å². The SMILES string of the molecule is Clc1ccc(CCN2CCNCC2c2ccccc2)s1. The van der Waals surface area contributed by atoms with E-state index in [0.29, 0.717) is 6.04 Å². The van der Waals surface area contributed by atoms with Gasteiger partial charge in [0.25, 0.3) is 0 Å². The lowest BCUT2D eigenvalue weighted by Crippen LogP contribution is -2.46. The van der Waals surface area contributed by atoms with E-state index in [9.17, 15) is 0 Å². The maximum absolute atomic E-state index is 6.00. The highest BCUT2D eigenvalue weighted by atomic mass is 35.5. The van der Waals surface area contributed by atoms with Crippen molar-refractivity contribution >= 4 is 22.9 Å². The molecule has 0 saturated carbocycles. The van der Waals surface area contributed by atoms with Crippen LogP contribution < -0.4 is 5.32 Å². The number of hydrogen-bond donors (Lipinski definition) is 1. The molecule has 1 unspecified atom stereocenters. The fraction of sp³-hybridized carbons (Fsp3) is 0.375. The van der Waals surface area contributed by atoms with Gasteiger partial charge in [0.1, 0.15) is 0 Å². The Morgan fingerprint density at radius 2 is 2.05 bits per heavy atom. The third-order valence-electron chi connectivity index (χ3n) is 3.81. The Hall–Kier alpha value is -0.870. The van der Waals surface area contributed by atoms with Gasteiger partial charge in [-0.3, -0.25) is 4.90 Å². The van der Waals surface area contributed by atoms with E-state index in [1.54, 1.807) is 11.3 Å². The topological polar surface area (TPSA) is 15.3 Å². The number of halogens is 1. The van der Waals surface area contributed by atoms with Crippen LogP contribution in [0.4, 0.5) is 0 Å². The summed E-state index contributed by atoms with van der Waals surface area (Å²) in [6.07, 6.45) is 1.08. The minimum atomic E-state index is 0.486. The first-order chi connectivity index (χ1) is 9.83. The van der Waals surface area contributed by atoms with Crippen molar-refractivity contribution in [2.24, 2.45) is 0 Å². The highest BCUT2D eigenvalue weighted by Gasteiger charge is 2.23. The van der Waals surface area contributed by atoms with Gasteiger partial charge >= 0.3 is 0 Å². The molecule has 1 saturated heterocycles. The summed E-state index contributed by atoms with van der Waals surface area (Å²) in [6, 6.07) is 15.4. The molecule has 1 fully saturated rings. The maximum atomic E-state index is 6.00. The fourth-order valence-corrected chi connectivity index (χ4v) is 3.83.